The van der Waals surface area contributed by atoms with E-state index in [9.17, 15) is 8.42 Å². The van der Waals surface area contributed by atoms with E-state index in [2.05, 4.69) is 4.98 Å². The molecule has 2 aromatic heterocycles. The zero-order valence-corrected chi connectivity index (χ0v) is 13.7. The number of pyridine rings is 1. The largest absolute Gasteiger partial charge is 0.326 e. The van der Waals surface area contributed by atoms with Crippen LogP contribution in [0.2, 0.25) is 0 Å². The molecule has 2 heterocycles. The second kappa shape index (κ2) is 6.65. The maximum Gasteiger partial charge on any atom is 0.260 e. The van der Waals surface area contributed by atoms with Crippen molar-refractivity contribution in [2.24, 2.45) is 5.73 Å². The van der Waals surface area contributed by atoms with E-state index in [0.717, 1.165) is 10.4 Å². The van der Waals surface area contributed by atoms with Crippen molar-refractivity contribution in [3.05, 3.63) is 46.3 Å². The second-order valence-electron chi connectivity index (χ2n) is 4.86. The molecule has 0 saturated heterocycles. The number of aromatic nitrogens is 1. The van der Waals surface area contributed by atoms with Gasteiger partial charge < -0.3 is 5.73 Å². The van der Waals surface area contributed by atoms with Gasteiger partial charge in [-0.15, -0.1) is 11.3 Å². The highest BCUT2D eigenvalue weighted by Crippen LogP contribution is 2.19. The zero-order valence-electron chi connectivity index (χ0n) is 12.1. The third-order valence-corrected chi connectivity index (χ3v) is 6.16. The van der Waals surface area contributed by atoms with Crippen LogP contribution in [-0.2, 0) is 23.0 Å². The molecule has 0 aromatic carbocycles. The van der Waals surface area contributed by atoms with Crippen LogP contribution in [0.5, 0.6) is 0 Å². The summed E-state index contributed by atoms with van der Waals surface area (Å²) >= 11 is 1.63. The minimum absolute atomic E-state index is 0.0558. The van der Waals surface area contributed by atoms with E-state index in [1.165, 1.54) is 16.6 Å². The van der Waals surface area contributed by atoms with Gasteiger partial charge in [-0.05, 0) is 36.4 Å². The molecule has 2 rings (SSSR count). The highest BCUT2D eigenvalue weighted by molar-refractivity contribution is 7.89. The molecule has 7 heteroatoms. The van der Waals surface area contributed by atoms with Crippen LogP contribution >= 0.6 is 11.3 Å². The predicted octanol–water partition coefficient (Wildman–Crippen LogP) is 1.85. The minimum Gasteiger partial charge on any atom is -0.326 e. The highest BCUT2D eigenvalue weighted by Gasteiger charge is 2.26. The van der Waals surface area contributed by atoms with Crippen LogP contribution in [-0.4, -0.2) is 30.8 Å². The van der Waals surface area contributed by atoms with E-state index in [1.54, 1.807) is 24.5 Å². The van der Waals surface area contributed by atoms with Gasteiger partial charge >= 0.3 is 0 Å². The number of rotatable bonds is 6. The fourth-order valence-electron chi connectivity index (χ4n) is 1.92. The molecule has 0 aliphatic rings. The van der Waals surface area contributed by atoms with Gasteiger partial charge in [0.15, 0.2) is 5.03 Å². The van der Waals surface area contributed by atoms with Crippen LogP contribution in [0.1, 0.15) is 17.4 Å². The summed E-state index contributed by atoms with van der Waals surface area (Å²) in [7, 11) is -1.99. The highest BCUT2D eigenvalue weighted by atomic mass is 32.2. The van der Waals surface area contributed by atoms with Crippen molar-refractivity contribution in [1.29, 1.82) is 0 Å². The second-order valence-corrected chi connectivity index (χ2v) is 7.84. The van der Waals surface area contributed by atoms with Gasteiger partial charge in [0.25, 0.3) is 10.0 Å². The molecule has 2 N–H and O–H groups in total. The number of likely N-dealkylation sites (N-methyl/N-ethyl adjacent to an activating group) is 1. The van der Waals surface area contributed by atoms with Crippen molar-refractivity contribution in [2.75, 3.05) is 7.05 Å². The van der Waals surface area contributed by atoms with E-state index in [4.69, 9.17) is 5.73 Å². The Kier molecular flexibility index (Phi) is 5.10. The fraction of sp³-hybridized carbons (Fsp3) is 0.357. The Labute approximate surface area is 129 Å². The van der Waals surface area contributed by atoms with Gasteiger partial charge in [0, 0.05) is 30.7 Å². The molecule has 0 aliphatic heterocycles. The molecular formula is C14H19N3O2S2. The Balaban J connectivity index is 2.16. The molecule has 0 amide bonds. The molecule has 0 spiro atoms. The van der Waals surface area contributed by atoms with Crippen LogP contribution in [0, 0.1) is 0 Å². The molecule has 0 radical (unpaired) electrons. The van der Waals surface area contributed by atoms with Gasteiger partial charge in [0.05, 0.1) is 0 Å². The van der Waals surface area contributed by atoms with Crippen molar-refractivity contribution in [3.63, 3.8) is 0 Å². The Bertz CT molecular complexity index is 667. The van der Waals surface area contributed by atoms with Crippen molar-refractivity contribution in [3.8, 4) is 0 Å². The normalized spacial score (nSPS) is 13.5. The Morgan fingerprint density at radius 3 is 2.67 bits per heavy atom. The monoisotopic (exact) mass is 325 g/mol. The SMILES string of the molecule is CC(Cc1cccs1)N(C)S(=O)(=O)c1ccc(CN)cn1. The average molecular weight is 325 g/mol. The lowest BCUT2D eigenvalue weighted by molar-refractivity contribution is 0.386. The van der Waals surface area contributed by atoms with E-state index < -0.39 is 10.0 Å². The lowest BCUT2D eigenvalue weighted by atomic mass is 10.2. The lowest BCUT2D eigenvalue weighted by Gasteiger charge is -2.23. The Hall–Kier alpha value is -1.28. The maximum atomic E-state index is 12.5. The quantitative estimate of drug-likeness (QED) is 0.879. The molecular weight excluding hydrogens is 306 g/mol. The summed E-state index contributed by atoms with van der Waals surface area (Å²) in [4.78, 5) is 5.18. The number of nitrogens with two attached hydrogens (primary N) is 1. The minimum atomic E-state index is -3.58. The van der Waals surface area contributed by atoms with E-state index >= 15 is 0 Å². The molecule has 2 aromatic rings. The fourth-order valence-corrected chi connectivity index (χ4v) is 4.01. The summed E-state index contributed by atoms with van der Waals surface area (Å²) < 4.78 is 26.4. The standard InChI is InChI=1S/C14H19N3O2S2/c1-11(8-13-4-3-7-20-13)17(2)21(18,19)14-6-5-12(9-15)10-16-14/h3-7,10-11H,8-9,15H2,1-2H3. The van der Waals surface area contributed by atoms with E-state index in [0.29, 0.717) is 13.0 Å². The van der Waals surface area contributed by atoms with Gasteiger partial charge in [-0.3, -0.25) is 0 Å². The van der Waals surface area contributed by atoms with E-state index in [1.807, 2.05) is 24.4 Å². The first kappa shape index (κ1) is 16.1. The third kappa shape index (κ3) is 3.68. The predicted molar refractivity (Wildman–Crippen MR) is 84.6 cm³/mol. The van der Waals surface area contributed by atoms with Gasteiger partial charge in [-0.25, -0.2) is 13.4 Å². The number of nitrogens with zero attached hydrogens (tertiary/aromatic N) is 2. The number of sulfonamides is 1. The zero-order chi connectivity index (χ0) is 15.5. The Morgan fingerprint density at radius 2 is 2.14 bits per heavy atom. The summed E-state index contributed by atoms with van der Waals surface area (Å²) in [6, 6.07) is 7.04. The van der Waals surface area contributed by atoms with Gasteiger partial charge in [-0.1, -0.05) is 12.1 Å². The van der Waals surface area contributed by atoms with Crippen molar-refractivity contribution < 1.29 is 8.42 Å². The molecule has 0 bridgehead atoms. The number of thiophene rings is 1. The van der Waals surface area contributed by atoms with Crippen LogP contribution in [0.3, 0.4) is 0 Å². The lowest BCUT2D eigenvalue weighted by Crippen LogP contribution is -2.36. The van der Waals surface area contributed by atoms with Crippen LogP contribution in [0.25, 0.3) is 0 Å². The van der Waals surface area contributed by atoms with Crippen LogP contribution in [0.15, 0.2) is 40.9 Å². The van der Waals surface area contributed by atoms with E-state index in [-0.39, 0.29) is 11.1 Å². The molecule has 0 aliphatic carbocycles. The first-order valence-electron chi connectivity index (χ1n) is 6.60. The van der Waals surface area contributed by atoms with Gasteiger partial charge in [-0.2, -0.15) is 4.31 Å². The summed E-state index contributed by atoms with van der Waals surface area (Å²) in [5.41, 5.74) is 6.30. The number of hydrogen-bond donors (Lipinski definition) is 1. The van der Waals surface area contributed by atoms with Crippen LogP contribution < -0.4 is 5.73 Å². The summed E-state index contributed by atoms with van der Waals surface area (Å²) in [6.07, 6.45) is 2.19. The first-order valence-corrected chi connectivity index (χ1v) is 8.92. The third-order valence-electron chi connectivity index (χ3n) is 3.37. The first-order chi connectivity index (χ1) is 9.95. The van der Waals surface area contributed by atoms with Gasteiger partial charge in [0.2, 0.25) is 0 Å². The molecule has 21 heavy (non-hydrogen) atoms. The molecule has 0 fully saturated rings. The molecule has 1 unspecified atom stereocenters. The average Bonchev–Trinajstić information content (AvgIpc) is 2.99. The van der Waals surface area contributed by atoms with Crippen LogP contribution in [0.4, 0.5) is 0 Å². The van der Waals surface area contributed by atoms with Crippen molar-refractivity contribution in [2.45, 2.75) is 31.0 Å². The summed E-state index contributed by atoms with van der Waals surface area (Å²) in [6.45, 7) is 2.24. The molecule has 0 saturated carbocycles. The smallest absolute Gasteiger partial charge is 0.260 e. The molecule has 5 nitrogen and oxygen atoms in total. The Morgan fingerprint density at radius 1 is 1.38 bits per heavy atom. The van der Waals surface area contributed by atoms with Gasteiger partial charge in [0.1, 0.15) is 0 Å². The topological polar surface area (TPSA) is 76.3 Å². The molecule has 1 atom stereocenters. The summed E-state index contributed by atoms with van der Waals surface area (Å²) in [5, 5.41) is 2.05. The molecule has 114 valence electrons. The maximum absolute atomic E-state index is 12.5. The van der Waals surface area contributed by atoms with Crippen molar-refractivity contribution in [1.82, 2.24) is 9.29 Å². The number of hydrogen-bond acceptors (Lipinski definition) is 5. The summed E-state index contributed by atoms with van der Waals surface area (Å²) in [5.74, 6) is 0. The van der Waals surface area contributed by atoms with Crippen molar-refractivity contribution >= 4 is 21.4 Å².